The molecule has 0 unspecified atom stereocenters. The topological polar surface area (TPSA) is 84.2 Å². The Bertz CT molecular complexity index is 1130. The molecular formula is C21H12O7. The summed E-state index contributed by atoms with van der Waals surface area (Å²) in [7, 11) is 0. The number of esters is 1. The first-order chi connectivity index (χ1) is 13.7. The first-order valence-corrected chi connectivity index (χ1v) is 8.41. The second kappa shape index (κ2) is 6.31. The number of benzene rings is 2. The minimum atomic E-state index is -0.634. The van der Waals surface area contributed by atoms with Crippen molar-refractivity contribution >= 4 is 17.8 Å². The zero-order chi connectivity index (χ0) is 19.1. The maximum atomic E-state index is 12.6. The average molecular weight is 376 g/mol. The largest absolute Gasteiger partial charge is 0.457 e. The molecule has 7 nitrogen and oxygen atoms in total. The zero-order valence-corrected chi connectivity index (χ0v) is 14.3. The van der Waals surface area contributed by atoms with Crippen molar-refractivity contribution in [1.82, 2.24) is 0 Å². The molecule has 0 radical (unpaired) electrons. The van der Waals surface area contributed by atoms with Gasteiger partial charge in [0.25, 0.3) is 0 Å². The van der Waals surface area contributed by atoms with Crippen LogP contribution >= 0.6 is 0 Å². The molecule has 0 saturated heterocycles. The lowest BCUT2D eigenvalue weighted by Gasteiger charge is -2.04. The molecule has 138 valence electrons. The second-order valence-electron chi connectivity index (χ2n) is 6.08. The molecular weight excluding hydrogens is 364 g/mol. The molecule has 0 fully saturated rings. The Labute approximate surface area is 158 Å². The predicted molar refractivity (Wildman–Crippen MR) is 95.6 cm³/mol. The Kier molecular flexibility index (Phi) is 3.65. The number of carbonyl (C=O) groups is 2. The van der Waals surface area contributed by atoms with E-state index in [1.54, 1.807) is 36.4 Å². The smallest absolute Gasteiger partial charge is 0.379 e. The molecule has 0 amide bonds. The number of hydrogen-bond acceptors (Lipinski definition) is 7. The highest BCUT2D eigenvalue weighted by Gasteiger charge is 2.28. The fraction of sp³-hybridized carbons (Fsp3) is 0.0476. The molecule has 0 aliphatic carbocycles. The third-order valence-electron chi connectivity index (χ3n) is 4.27. The fourth-order valence-electron chi connectivity index (χ4n) is 2.94. The molecule has 0 spiro atoms. The van der Waals surface area contributed by atoms with E-state index in [0.717, 1.165) is 5.56 Å². The van der Waals surface area contributed by atoms with Crippen LogP contribution in [0.3, 0.4) is 0 Å². The first-order valence-electron chi connectivity index (χ1n) is 8.41. The van der Waals surface area contributed by atoms with Crippen LogP contribution in [0.1, 0.15) is 26.5 Å². The zero-order valence-electron chi connectivity index (χ0n) is 14.3. The molecule has 2 aromatic carbocycles. The number of allylic oxidation sites excluding steroid dienone is 1. The number of furan rings is 1. The standard InChI is InChI=1S/C21H12O7/c22-20-14-5-4-13(27-21(23)16-2-1-7-24-16)10-17(14)28-19(20)9-12-3-6-15-18(8-12)26-11-25-15/h1-10H,11H2/b19-9+. The third-order valence-corrected chi connectivity index (χ3v) is 4.27. The minimum Gasteiger partial charge on any atom is -0.457 e. The van der Waals surface area contributed by atoms with E-state index in [4.69, 9.17) is 23.4 Å². The summed E-state index contributed by atoms with van der Waals surface area (Å²) in [6.45, 7) is 0.176. The van der Waals surface area contributed by atoms with E-state index in [-0.39, 0.29) is 29.8 Å². The molecule has 7 heteroatoms. The van der Waals surface area contributed by atoms with E-state index in [2.05, 4.69) is 0 Å². The highest BCUT2D eigenvalue weighted by atomic mass is 16.7. The number of carbonyl (C=O) groups excluding carboxylic acids is 2. The van der Waals surface area contributed by atoms with Crippen molar-refractivity contribution in [1.29, 1.82) is 0 Å². The molecule has 0 saturated carbocycles. The highest BCUT2D eigenvalue weighted by molar-refractivity contribution is 6.14. The van der Waals surface area contributed by atoms with Gasteiger partial charge in [0.2, 0.25) is 18.3 Å². The number of fused-ring (bicyclic) bond motifs is 2. The van der Waals surface area contributed by atoms with Crippen molar-refractivity contribution < 1.29 is 33.0 Å². The van der Waals surface area contributed by atoms with Crippen LogP contribution in [0, 0.1) is 0 Å². The summed E-state index contributed by atoms with van der Waals surface area (Å²) < 4.78 is 26.6. The molecule has 1 aromatic heterocycles. The van der Waals surface area contributed by atoms with Gasteiger partial charge in [-0.05, 0) is 48.0 Å². The quantitative estimate of drug-likeness (QED) is 0.390. The highest BCUT2D eigenvalue weighted by Crippen LogP contribution is 2.37. The van der Waals surface area contributed by atoms with Gasteiger partial charge < -0.3 is 23.4 Å². The number of rotatable bonds is 3. The monoisotopic (exact) mass is 376 g/mol. The van der Waals surface area contributed by atoms with Gasteiger partial charge in [0.05, 0.1) is 11.8 Å². The Hall–Kier alpha value is -4.00. The molecule has 0 N–H and O–H groups in total. The summed E-state index contributed by atoms with van der Waals surface area (Å²) in [5.41, 5.74) is 1.13. The summed E-state index contributed by atoms with van der Waals surface area (Å²) in [5.74, 6) is 1.21. The van der Waals surface area contributed by atoms with E-state index < -0.39 is 5.97 Å². The number of ether oxygens (including phenoxy) is 4. The molecule has 5 rings (SSSR count). The van der Waals surface area contributed by atoms with Crippen molar-refractivity contribution in [3.63, 3.8) is 0 Å². The van der Waals surface area contributed by atoms with Gasteiger partial charge in [-0.25, -0.2) is 4.79 Å². The summed E-state index contributed by atoms with van der Waals surface area (Å²) in [6.07, 6.45) is 3.01. The Balaban J connectivity index is 1.38. The summed E-state index contributed by atoms with van der Waals surface area (Å²) in [5, 5.41) is 0. The summed E-state index contributed by atoms with van der Waals surface area (Å²) in [6, 6.07) is 13.0. The lowest BCUT2D eigenvalue weighted by molar-refractivity contribution is 0.0701. The molecule has 28 heavy (non-hydrogen) atoms. The molecule has 2 aliphatic rings. The first kappa shape index (κ1) is 16.2. The van der Waals surface area contributed by atoms with Crippen LogP contribution in [0.25, 0.3) is 6.08 Å². The van der Waals surface area contributed by atoms with E-state index in [0.29, 0.717) is 22.8 Å². The van der Waals surface area contributed by atoms with Crippen molar-refractivity contribution in [2.45, 2.75) is 0 Å². The SMILES string of the molecule is O=C(Oc1ccc2c(c1)O/C(=C/c1ccc3c(c1)OCO3)C2=O)c1ccco1. The number of hydrogen-bond donors (Lipinski definition) is 0. The minimum absolute atomic E-state index is 0.0842. The van der Waals surface area contributed by atoms with E-state index >= 15 is 0 Å². The average Bonchev–Trinajstić information content (AvgIpc) is 3.43. The molecule has 0 bridgehead atoms. The lowest BCUT2D eigenvalue weighted by Crippen LogP contribution is -2.07. The van der Waals surface area contributed by atoms with Gasteiger partial charge in [-0.3, -0.25) is 4.79 Å². The van der Waals surface area contributed by atoms with Crippen LogP contribution in [-0.4, -0.2) is 18.5 Å². The number of Topliss-reactive ketones (excluding diaryl/α,β-unsaturated/α-hetero) is 1. The Morgan fingerprint density at radius 1 is 1.00 bits per heavy atom. The Morgan fingerprint density at radius 3 is 2.75 bits per heavy atom. The van der Waals surface area contributed by atoms with Crippen molar-refractivity contribution in [2.75, 3.05) is 6.79 Å². The van der Waals surface area contributed by atoms with Gasteiger partial charge in [0.15, 0.2) is 17.3 Å². The summed E-state index contributed by atoms with van der Waals surface area (Å²) >= 11 is 0. The lowest BCUT2D eigenvalue weighted by atomic mass is 10.1. The van der Waals surface area contributed by atoms with E-state index in [1.807, 2.05) is 0 Å². The van der Waals surface area contributed by atoms with Crippen LogP contribution in [0.5, 0.6) is 23.0 Å². The second-order valence-corrected chi connectivity index (χ2v) is 6.08. The van der Waals surface area contributed by atoms with Gasteiger partial charge in [-0.2, -0.15) is 0 Å². The maximum Gasteiger partial charge on any atom is 0.379 e. The van der Waals surface area contributed by atoms with Crippen molar-refractivity contribution in [3.8, 4) is 23.0 Å². The van der Waals surface area contributed by atoms with Crippen LogP contribution < -0.4 is 18.9 Å². The van der Waals surface area contributed by atoms with E-state index in [1.165, 1.54) is 24.5 Å². The molecule has 0 atom stereocenters. The normalized spacial score (nSPS) is 15.4. The van der Waals surface area contributed by atoms with E-state index in [9.17, 15) is 9.59 Å². The van der Waals surface area contributed by atoms with Gasteiger partial charge in [-0.1, -0.05) is 6.07 Å². The van der Waals surface area contributed by atoms with Crippen molar-refractivity contribution in [3.05, 3.63) is 77.4 Å². The van der Waals surface area contributed by atoms with Crippen LogP contribution in [0.4, 0.5) is 0 Å². The van der Waals surface area contributed by atoms with Gasteiger partial charge >= 0.3 is 5.97 Å². The molecule has 3 heterocycles. The number of ketones is 1. The van der Waals surface area contributed by atoms with Crippen LogP contribution in [-0.2, 0) is 0 Å². The third kappa shape index (κ3) is 2.79. The maximum absolute atomic E-state index is 12.6. The van der Waals surface area contributed by atoms with Gasteiger partial charge in [0.1, 0.15) is 11.5 Å². The van der Waals surface area contributed by atoms with Gasteiger partial charge in [-0.15, -0.1) is 0 Å². The van der Waals surface area contributed by atoms with Gasteiger partial charge in [0, 0.05) is 6.07 Å². The molecule has 2 aliphatic heterocycles. The van der Waals surface area contributed by atoms with Crippen molar-refractivity contribution in [2.24, 2.45) is 0 Å². The Morgan fingerprint density at radius 2 is 1.89 bits per heavy atom. The van der Waals surface area contributed by atoms with Crippen LogP contribution in [0.2, 0.25) is 0 Å². The predicted octanol–water partition coefficient (Wildman–Crippen LogP) is 3.84. The van der Waals surface area contributed by atoms with Crippen LogP contribution in [0.15, 0.2) is 65.0 Å². The fourth-order valence-corrected chi connectivity index (χ4v) is 2.94. The molecule has 3 aromatic rings. The summed E-state index contributed by atoms with van der Waals surface area (Å²) in [4.78, 5) is 24.6.